The molecule has 3 aromatic rings. The van der Waals surface area contributed by atoms with Gasteiger partial charge in [0.25, 0.3) is 0 Å². The van der Waals surface area contributed by atoms with Crippen molar-refractivity contribution in [3.05, 3.63) is 71.6 Å². The van der Waals surface area contributed by atoms with E-state index in [2.05, 4.69) is 53.0 Å². The lowest BCUT2D eigenvalue weighted by molar-refractivity contribution is 0.476. The summed E-state index contributed by atoms with van der Waals surface area (Å²) in [6.07, 6.45) is 1.73. The van der Waals surface area contributed by atoms with E-state index in [0.29, 0.717) is 11.4 Å². The lowest BCUT2D eigenvalue weighted by atomic mass is 9.74. The number of nitrogens with zero attached hydrogens (tertiary/aromatic N) is 3. The summed E-state index contributed by atoms with van der Waals surface area (Å²) in [6, 6.07) is 13.7. The first-order chi connectivity index (χ1) is 14.2. The summed E-state index contributed by atoms with van der Waals surface area (Å²) < 4.78 is 1.91. The van der Waals surface area contributed by atoms with Gasteiger partial charge in [0.1, 0.15) is 11.6 Å². The number of phenols is 1. The number of hydrogen-bond acceptors (Lipinski definition) is 3. The molecule has 154 valence electrons. The quantitative estimate of drug-likeness (QED) is 0.518. The van der Waals surface area contributed by atoms with Crippen molar-refractivity contribution in [1.82, 2.24) is 9.55 Å². The monoisotopic (exact) mass is 399 g/mol. The van der Waals surface area contributed by atoms with Gasteiger partial charge in [-0.1, -0.05) is 32.6 Å². The molecule has 0 bridgehead atoms. The van der Waals surface area contributed by atoms with E-state index in [9.17, 15) is 5.11 Å². The number of fused-ring (bicyclic) bond motifs is 1. The van der Waals surface area contributed by atoms with Crippen molar-refractivity contribution in [2.75, 3.05) is 4.90 Å². The molecule has 2 heterocycles. The van der Waals surface area contributed by atoms with Crippen LogP contribution < -0.4 is 4.90 Å². The number of para-hydroxylation sites is 2. The van der Waals surface area contributed by atoms with Gasteiger partial charge in [-0.15, -0.1) is 0 Å². The highest BCUT2D eigenvalue weighted by molar-refractivity contribution is 5.85. The maximum absolute atomic E-state index is 11.0. The minimum atomic E-state index is 0.0292. The first kappa shape index (κ1) is 20.0. The summed E-state index contributed by atoms with van der Waals surface area (Å²) in [5.41, 5.74) is 8.57. The van der Waals surface area contributed by atoms with Crippen molar-refractivity contribution >= 4 is 22.9 Å². The minimum absolute atomic E-state index is 0.0292. The lowest BCUT2D eigenvalue weighted by Gasteiger charge is -2.42. The van der Waals surface area contributed by atoms with Crippen molar-refractivity contribution in [3.8, 4) is 17.1 Å². The van der Waals surface area contributed by atoms with E-state index in [-0.39, 0.29) is 11.2 Å². The highest BCUT2D eigenvalue weighted by atomic mass is 16.3. The molecule has 0 spiro atoms. The van der Waals surface area contributed by atoms with Gasteiger partial charge in [-0.25, -0.2) is 4.98 Å². The standard InChI is InChI=1S/C26H29N3O/c1-8-28-23-12-10-9-11-22(23)27-25(28)21-14-13-20(15-24(21)30)29-18(4)16(2)26(6,7)17(3)19(29)5/h8-15,30H,1H2,2-7H3. The van der Waals surface area contributed by atoms with E-state index in [1.807, 2.05) is 47.0 Å². The number of phenolic OH excluding ortho intramolecular Hbond substituents is 1. The second kappa shape index (κ2) is 6.91. The van der Waals surface area contributed by atoms with Crippen LogP contribution in [0.3, 0.4) is 0 Å². The molecule has 0 radical (unpaired) electrons. The van der Waals surface area contributed by atoms with E-state index in [0.717, 1.165) is 16.7 Å². The summed E-state index contributed by atoms with van der Waals surface area (Å²) in [7, 11) is 0. The Morgan fingerprint density at radius 2 is 1.60 bits per heavy atom. The van der Waals surface area contributed by atoms with Crippen molar-refractivity contribution in [3.63, 3.8) is 0 Å². The molecule has 1 aliphatic heterocycles. The second-order valence-corrected chi connectivity index (χ2v) is 8.56. The number of aromatic hydroxyl groups is 1. The molecular weight excluding hydrogens is 370 g/mol. The Morgan fingerprint density at radius 1 is 0.967 bits per heavy atom. The van der Waals surface area contributed by atoms with Crippen LogP contribution in [0.25, 0.3) is 28.6 Å². The van der Waals surface area contributed by atoms with Gasteiger partial charge in [0.15, 0.2) is 0 Å². The van der Waals surface area contributed by atoms with Crippen molar-refractivity contribution in [1.29, 1.82) is 0 Å². The molecular formula is C26H29N3O. The van der Waals surface area contributed by atoms with Crippen LogP contribution in [-0.2, 0) is 0 Å². The number of anilines is 1. The Balaban J connectivity index is 1.84. The van der Waals surface area contributed by atoms with Gasteiger partial charge in [-0.3, -0.25) is 4.57 Å². The van der Waals surface area contributed by atoms with Crippen LogP contribution in [0.2, 0.25) is 0 Å². The maximum atomic E-state index is 11.0. The van der Waals surface area contributed by atoms with Crippen molar-refractivity contribution in [2.45, 2.75) is 41.5 Å². The molecule has 0 saturated carbocycles. The second-order valence-electron chi connectivity index (χ2n) is 8.56. The summed E-state index contributed by atoms with van der Waals surface area (Å²) in [6.45, 7) is 17.1. The van der Waals surface area contributed by atoms with E-state index >= 15 is 0 Å². The first-order valence-electron chi connectivity index (χ1n) is 10.3. The summed E-state index contributed by atoms with van der Waals surface area (Å²) >= 11 is 0. The average Bonchev–Trinajstić information content (AvgIpc) is 3.10. The summed E-state index contributed by atoms with van der Waals surface area (Å²) in [5, 5.41) is 11.0. The molecule has 4 heteroatoms. The minimum Gasteiger partial charge on any atom is -0.507 e. The molecule has 4 nitrogen and oxygen atoms in total. The molecule has 1 N–H and O–H groups in total. The molecule has 0 saturated heterocycles. The zero-order valence-electron chi connectivity index (χ0n) is 18.6. The first-order valence-corrected chi connectivity index (χ1v) is 10.3. The van der Waals surface area contributed by atoms with Crippen LogP contribution in [0.1, 0.15) is 41.5 Å². The normalized spacial score (nSPS) is 16.5. The van der Waals surface area contributed by atoms with E-state index < -0.39 is 0 Å². The zero-order chi connectivity index (χ0) is 21.8. The van der Waals surface area contributed by atoms with Crippen LogP contribution in [-0.4, -0.2) is 14.7 Å². The Kier molecular flexibility index (Phi) is 4.61. The van der Waals surface area contributed by atoms with E-state index in [1.165, 1.54) is 22.5 Å². The zero-order valence-corrected chi connectivity index (χ0v) is 18.6. The number of aromatic nitrogens is 2. The molecule has 0 atom stereocenters. The SMILES string of the molecule is C=Cn1c(-c2ccc(N3C(C)=C(C)C(C)(C)C(C)=C3C)cc2O)nc2ccccc21. The van der Waals surface area contributed by atoms with Crippen LogP contribution in [0.4, 0.5) is 5.69 Å². The Labute approximate surface area is 178 Å². The van der Waals surface area contributed by atoms with Crippen LogP contribution in [0.15, 0.2) is 71.6 Å². The topological polar surface area (TPSA) is 41.3 Å². The van der Waals surface area contributed by atoms with Gasteiger partial charge in [0, 0.05) is 34.8 Å². The Bertz CT molecular complexity index is 1210. The number of allylic oxidation sites excluding steroid dienone is 4. The average molecular weight is 400 g/mol. The molecule has 2 aromatic carbocycles. The fourth-order valence-electron chi connectivity index (χ4n) is 4.43. The third-order valence-electron chi connectivity index (χ3n) is 6.89. The summed E-state index contributed by atoms with van der Waals surface area (Å²) in [4.78, 5) is 6.96. The van der Waals surface area contributed by atoms with Crippen molar-refractivity contribution in [2.24, 2.45) is 5.41 Å². The lowest BCUT2D eigenvalue weighted by Crippen LogP contribution is -2.32. The van der Waals surface area contributed by atoms with Gasteiger partial charge in [-0.05, 0) is 63.1 Å². The largest absolute Gasteiger partial charge is 0.507 e. The van der Waals surface area contributed by atoms with Gasteiger partial charge in [-0.2, -0.15) is 0 Å². The predicted molar refractivity (Wildman–Crippen MR) is 126 cm³/mol. The fourth-order valence-corrected chi connectivity index (χ4v) is 4.43. The third-order valence-corrected chi connectivity index (χ3v) is 6.89. The molecule has 4 rings (SSSR count). The molecule has 0 unspecified atom stereocenters. The maximum Gasteiger partial charge on any atom is 0.148 e. The van der Waals surface area contributed by atoms with Gasteiger partial charge < -0.3 is 10.0 Å². The van der Waals surface area contributed by atoms with E-state index in [4.69, 9.17) is 4.98 Å². The van der Waals surface area contributed by atoms with E-state index in [1.54, 1.807) is 6.20 Å². The highest BCUT2D eigenvalue weighted by Crippen LogP contribution is 2.46. The van der Waals surface area contributed by atoms with Gasteiger partial charge in [0.2, 0.25) is 0 Å². The molecule has 0 fully saturated rings. The molecule has 1 aliphatic rings. The van der Waals surface area contributed by atoms with Gasteiger partial charge in [0.05, 0.1) is 16.6 Å². The van der Waals surface area contributed by atoms with Crippen LogP contribution in [0, 0.1) is 5.41 Å². The highest BCUT2D eigenvalue weighted by Gasteiger charge is 2.33. The Hall–Kier alpha value is -3.27. The Morgan fingerprint density at radius 3 is 2.20 bits per heavy atom. The number of imidazole rings is 1. The molecule has 30 heavy (non-hydrogen) atoms. The smallest absolute Gasteiger partial charge is 0.148 e. The van der Waals surface area contributed by atoms with Crippen molar-refractivity contribution < 1.29 is 5.11 Å². The van der Waals surface area contributed by atoms with Crippen LogP contribution >= 0.6 is 0 Å². The third kappa shape index (κ3) is 2.78. The predicted octanol–water partition coefficient (Wildman–Crippen LogP) is 6.94. The molecule has 0 aliphatic carbocycles. The number of rotatable bonds is 3. The molecule has 1 aromatic heterocycles. The van der Waals surface area contributed by atoms with Crippen LogP contribution in [0.5, 0.6) is 5.75 Å². The number of hydrogen-bond donors (Lipinski definition) is 1. The number of benzene rings is 2. The summed E-state index contributed by atoms with van der Waals surface area (Å²) in [5.74, 6) is 0.883. The molecule has 0 amide bonds. The van der Waals surface area contributed by atoms with Gasteiger partial charge >= 0.3 is 0 Å². The fraction of sp³-hybridized carbons (Fsp3) is 0.269.